The fourth-order valence-electron chi connectivity index (χ4n) is 4.34. The van der Waals surface area contributed by atoms with Crippen LogP contribution in [0.25, 0.3) is 0 Å². The predicted molar refractivity (Wildman–Crippen MR) is 106 cm³/mol. The lowest BCUT2D eigenvalue weighted by molar-refractivity contribution is -0.348. The maximum atomic E-state index is 14.4. The lowest BCUT2D eigenvalue weighted by Gasteiger charge is -2.47. The third-order valence-electron chi connectivity index (χ3n) is 6.16. The standard InChI is InChI=1S/C22H18F8O4S/c23-16-5-7-18(8-6-16)35(33,34)19(10-13(11-19)9-17(32)12-31)14-1-3-15(4-2-14)20(24,21(25,26)27)22(28,29)30/h1-8,13,31H,9-12H2. The molecule has 0 bridgehead atoms. The average Bonchev–Trinajstić information content (AvgIpc) is 2.73. The lowest BCUT2D eigenvalue weighted by atomic mass is 9.68. The van der Waals surface area contributed by atoms with Gasteiger partial charge >= 0.3 is 18.0 Å². The number of Topliss-reactive ketones (excluding diaryl/α,β-unsaturated/α-hetero) is 1. The molecule has 0 aromatic heterocycles. The molecule has 0 spiro atoms. The molecule has 35 heavy (non-hydrogen) atoms. The molecule has 192 valence electrons. The normalized spacial score (nSPS) is 21.5. The van der Waals surface area contributed by atoms with E-state index in [1.165, 1.54) is 0 Å². The summed E-state index contributed by atoms with van der Waals surface area (Å²) in [7, 11) is -4.39. The summed E-state index contributed by atoms with van der Waals surface area (Å²) in [6, 6.07) is 5.42. The van der Waals surface area contributed by atoms with Gasteiger partial charge in [-0.25, -0.2) is 17.2 Å². The molecule has 1 N–H and O–H groups in total. The van der Waals surface area contributed by atoms with Gasteiger partial charge in [0.1, 0.15) is 17.2 Å². The van der Waals surface area contributed by atoms with Crippen LogP contribution in [0.2, 0.25) is 0 Å². The van der Waals surface area contributed by atoms with Gasteiger partial charge in [-0.05, 0) is 48.6 Å². The van der Waals surface area contributed by atoms with Gasteiger partial charge in [0.05, 0.1) is 4.90 Å². The van der Waals surface area contributed by atoms with Gasteiger partial charge in [0, 0.05) is 12.0 Å². The number of aliphatic hydroxyl groups is 1. The van der Waals surface area contributed by atoms with E-state index in [1.54, 1.807) is 0 Å². The number of aliphatic hydroxyl groups excluding tert-OH is 1. The largest absolute Gasteiger partial charge is 0.435 e. The van der Waals surface area contributed by atoms with Gasteiger partial charge in [0.15, 0.2) is 15.6 Å². The van der Waals surface area contributed by atoms with Crippen LogP contribution in [0.15, 0.2) is 53.4 Å². The third kappa shape index (κ3) is 4.44. The Hall–Kier alpha value is -2.54. The van der Waals surface area contributed by atoms with Crippen molar-refractivity contribution in [2.24, 2.45) is 5.92 Å². The molecule has 1 saturated carbocycles. The molecule has 13 heteroatoms. The van der Waals surface area contributed by atoms with Crippen molar-refractivity contribution in [1.29, 1.82) is 0 Å². The van der Waals surface area contributed by atoms with E-state index in [0.29, 0.717) is 12.1 Å². The number of halogens is 8. The summed E-state index contributed by atoms with van der Waals surface area (Å²) in [5, 5.41) is 8.93. The molecule has 0 amide bonds. The number of alkyl halides is 7. The van der Waals surface area contributed by atoms with Gasteiger partial charge in [0.25, 0.3) is 0 Å². The van der Waals surface area contributed by atoms with E-state index in [0.717, 1.165) is 24.3 Å². The minimum atomic E-state index is -6.34. The average molecular weight is 530 g/mol. The van der Waals surface area contributed by atoms with Crippen molar-refractivity contribution in [2.75, 3.05) is 6.61 Å². The summed E-state index contributed by atoms with van der Waals surface area (Å²) >= 11 is 0. The highest BCUT2D eigenvalue weighted by Gasteiger charge is 2.73. The highest BCUT2D eigenvalue weighted by molar-refractivity contribution is 7.92. The molecule has 1 aliphatic rings. The lowest BCUT2D eigenvalue weighted by Crippen LogP contribution is -2.50. The molecular weight excluding hydrogens is 512 g/mol. The van der Waals surface area contributed by atoms with Crippen LogP contribution < -0.4 is 0 Å². The quantitative estimate of drug-likeness (QED) is 0.397. The smallest absolute Gasteiger partial charge is 0.389 e. The molecule has 0 heterocycles. The van der Waals surface area contributed by atoms with E-state index < -0.39 is 62.3 Å². The summed E-state index contributed by atoms with van der Waals surface area (Å²) in [5.41, 5.74) is -7.68. The SMILES string of the molecule is O=C(CO)CC1CC(c2ccc(C(F)(C(F)(F)F)C(F)(F)F)cc2)(S(=O)(=O)c2ccc(F)cc2)C1. The van der Waals surface area contributed by atoms with Crippen LogP contribution in [0.4, 0.5) is 35.1 Å². The van der Waals surface area contributed by atoms with Crippen molar-refractivity contribution in [3.05, 3.63) is 65.5 Å². The van der Waals surface area contributed by atoms with Crippen molar-refractivity contribution >= 4 is 15.6 Å². The second kappa shape index (κ2) is 8.84. The van der Waals surface area contributed by atoms with Crippen LogP contribution in [-0.4, -0.2) is 38.3 Å². The van der Waals surface area contributed by atoms with Gasteiger partial charge in [-0.15, -0.1) is 0 Å². The van der Waals surface area contributed by atoms with Gasteiger partial charge in [-0.3, -0.25) is 4.79 Å². The topological polar surface area (TPSA) is 71.4 Å². The molecule has 0 radical (unpaired) electrons. The van der Waals surface area contributed by atoms with Crippen LogP contribution in [0.1, 0.15) is 30.4 Å². The summed E-state index contributed by atoms with van der Waals surface area (Å²) in [5.74, 6) is -1.90. The molecular formula is C22H18F8O4S. The van der Waals surface area contributed by atoms with Gasteiger partial charge in [0.2, 0.25) is 0 Å². The fraction of sp³-hybridized carbons (Fsp3) is 0.409. The van der Waals surface area contributed by atoms with Crippen molar-refractivity contribution < 1.29 is 53.4 Å². The summed E-state index contributed by atoms with van der Waals surface area (Å²) in [6.07, 6.45) is -13.4. The number of ketones is 1. The highest BCUT2D eigenvalue weighted by atomic mass is 32.2. The number of sulfone groups is 1. The van der Waals surface area contributed by atoms with Crippen LogP contribution in [0.5, 0.6) is 0 Å². The monoisotopic (exact) mass is 530 g/mol. The number of hydrogen-bond acceptors (Lipinski definition) is 4. The zero-order chi connectivity index (χ0) is 26.4. The Bertz CT molecular complexity index is 1170. The third-order valence-corrected chi connectivity index (χ3v) is 8.65. The maximum Gasteiger partial charge on any atom is 0.435 e. The molecule has 1 fully saturated rings. The second-order valence-electron chi connectivity index (χ2n) is 8.36. The Kier molecular flexibility index (Phi) is 6.83. The molecule has 3 rings (SSSR count). The van der Waals surface area contributed by atoms with Crippen LogP contribution in [-0.2, 0) is 25.0 Å². The van der Waals surface area contributed by atoms with Crippen LogP contribution in [0, 0.1) is 11.7 Å². The molecule has 2 aromatic rings. The van der Waals surface area contributed by atoms with Crippen LogP contribution in [0.3, 0.4) is 0 Å². The predicted octanol–water partition coefficient (Wildman–Crippen LogP) is 5.15. The molecule has 1 aliphatic carbocycles. The molecule has 0 unspecified atom stereocenters. The first-order valence-corrected chi connectivity index (χ1v) is 11.5. The number of hydrogen-bond donors (Lipinski definition) is 1. The second-order valence-corrected chi connectivity index (χ2v) is 10.6. The fourth-order valence-corrected chi connectivity index (χ4v) is 6.65. The number of carbonyl (C=O) groups is 1. The Balaban J connectivity index is 2.09. The van der Waals surface area contributed by atoms with E-state index in [1.807, 2.05) is 0 Å². The van der Waals surface area contributed by atoms with Crippen molar-refractivity contribution in [3.63, 3.8) is 0 Å². The summed E-state index contributed by atoms with van der Waals surface area (Å²) < 4.78 is 131. The number of benzene rings is 2. The van der Waals surface area contributed by atoms with Crippen molar-refractivity contribution in [1.82, 2.24) is 0 Å². The molecule has 2 aromatic carbocycles. The first-order valence-electron chi connectivity index (χ1n) is 10.1. The number of carbonyl (C=O) groups excluding carboxylic acids is 1. The Morgan fingerprint density at radius 1 is 0.886 bits per heavy atom. The molecule has 0 atom stereocenters. The summed E-state index contributed by atoms with van der Waals surface area (Å²) in [6.45, 7) is -0.795. The first kappa shape index (κ1) is 27.1. The molecule has 4 nitrogen and oxygen atoms in total. The maximum absolute atomic E-state index is 14.4. The first-order chi connectivity index (χ1) is 16.0. The van der Waals surface area contributed by atoms with E-state index in [-0.39, 0.29) is 41.9 Å². The van der Waals surface area contributed by atoms with Crippen molar-refractivity contribution in [2.45, 2.75) is 46.9 Å². The van der Waals surface area contributed by atoms with E-state index in [9.17, 15) is 48.3 Å². The highest BCUT2D eigenvalue weighted by Crippen LogP contribution is 2.57. The van der Waals surface area contributed by atoms with Crippen LogP contribution >= 0.6 is 0 Å². The van der Waals surface area contributed by atoms with Gasteiger partial charge in [-0.2, -0.15) is 26.3 Å². The van der Waals surface area contributed by atoms with E-state index in [2.05, 4.69) is 0 Å². The molecule has 0 aliphatic heterocycles. The zero-order valence-electron chi connectivity index (χ0n) is 17.6. The Morgan fingerprint density at radius 2 is 1.37 bits per heavy atom. The van der Waals surface area contributed by atoms with E-state index in [4.69, 9.17) is 5.11 Å². The summed E-state index contributed by atoms with van der Waals surface area (Å²) in [4.78, 5) is 11.2. The number of rotatable bonds is 7. The zero-order valence-corrected chi connectivity index (χ0v) is 18.4. The van der Waals surface area contributed by atoms with E-state index >= 15 is 0 Å². The van der Waals surface area contributed by atoms with Crippen molar-refractivity contribution in [3.8, 4) is 0 Å². The molecule has 0 saturated heterocycles. The van der Waals surface area contributed by atoms with Gasteiger partial charge in [-0.1, -0.05) is 24.3 Å². The minimum absolute atomic E-state index is 0.203. The Morgan fingerprint density at radius 3 is 1.80 bits per heavy atom. The Labute approximate surface area is 194 Å². The van der Waals surface area contributed by atoms with Gasteiger partial charge < -0.3 is 5.11 Å². The minimum Gasteiger partial charge on any atom is -0.389 e.